The van der Waals surface area contributed by atoms with E-state index < -0.39 is 10.0 Å². The summed E-state index contributed by atoms with van der Waals surface area (Å²) in [4.78, 5) is -0.0121. The zero-order chi connectivity index (χ0) is 16.1. The summed E-state index contributed by atoms with van der Waals surface area (Å²) >= 11 is 12.2. The molecule has 22 heavy (non-hydrogen) atoms. The molecule has 1 aromatic carbocycles. The standard InChI is InChI=1S/C15H16Cl2N2O2S/c1-10-6-7-14-11(2)19(9-8-18(10)14)22(20,21)15-12(16)4-3-5-13(15)17/h3-7,11H,8-9H2,1-2H3/t11-/m0/s1. The minimum absolute atomic E-state index is 0.0121. The number of hydrogen-bond donors (Lipinski definition) is 0. The van der Waals surface area contributed by atoms with Crippen LogP contribution in [0.5, 0.6) is 0 Å². The number of halogens is 2. The fourth-order valence-corrected chi connectivity index (χ4v) is 5.67. The number of benzene rings is 1. The Kier molecular flexibility index (Phi) is 4.01. The second-order valence-electron chi connectivity index (χ2n) is 5.39. The van der Waals surface area contributed by atoms with Crippen LogP contribution in [0.4, 0.5) is 0 Å². The number of sulfonamides is 1. The molecule has 0 fully saturated rings. The summed E-state index contributed by atoms with van der Waals surface area (Å²) in [5.41, 5.74) is 2.12. The van der Waals surface area contributed by atoms with E-state index in [0.29, 0.717) is 13.1 Å². The first-order chi connectivity index (χ1) is 10.3. The van der Waals surface area contributed by atoms with Gasteiger partial charge in [0.1, 0.15) is 4.90 Å². The largest absolute Gasteiger partial charge is 0.346 e. The summed E-state index contributed by atoms with van der Waals surface area (Å²) in [7, 11) is -3.75. The molecule has 0 unspecified atom stereocenters. The lowest BCUT2D eigenvalue weighted by Gasteiger charge is -2.34. The Bertz CT molecular complexity index is 810. The maximum atomic E-state index is 13.0. The number of nitrogens with zero attached hydrogens (tertiary/aromatic N) is 2. The summed E-state index contributed by atoms with van der Waals surface area (Å²) in [6.07, 6.45) is 0. The molecule has 0 bridgehead atoms. The molecular formula is C15H16Cl2N2O2S. The molecule has 118 valence electrons. The molecule has 0 spiro atoms. The first-order valence-corrected chi connectivity index (χ1v) is 9.15. The van der Waals surface area contributed by atoms with Crippen molar-refractivity contribution in [2.45, 2.75) is 31.3 Å². The van der Waals surface area contributed by atoms with Crippen molar-refractivity contribution in [2.75, 3.05) is 6.54 Å². The second-order valence-corrected chi connectivity index (χ2v) is 8.04. The van der Waals surface area contributed by atoms with Gasteiger partial charge < -0.3 is 4.57 Å². The average molecular weight is 359 g/mol. The van der Waals surface area contributed by atoms with Crippen LogP contribution in [0.2, 0.25) is 10.0 Å². The number of fused-ring (bicyclic) bond motifs is 1. The molecule has 1 aliphatic heterocycles. The average Bonchev–Trinajstić information content (AvgIpc) is 2.81. The topological polar surface area (TPSA) is 42.3 Å². The first-order valence-electron chi connectivity index (χ1n) is 6.96. The Hall–Kier alpha value is -1.01. The van der Waals surface area contributed by atoms with Crippen LogP contribution in [0.15, 0.2) is 35.2 Å². The lowest BCUT2D eigenvalue weighted by atomic mass is 10.2. The van der Waals surface area contributed by atoms with E-state index in [1.54, 1.807) is 18.2 Å². The number of rotatable bonds is 2. The normalized spacial score (nSPS) is 19.2. The molecule has 0 saturated heterocycles. The Morgan fingerprint density at radius 1 is 1.09 bits per heavy atom. The van der Waals surface area contributed by atoms with Gasteiger partial charge in [-0.25, -0.2) is 8.42 Å². The highest BCUT2D eigenvalue weighted by molar-refractivity contribution is 7.89. The van der Waals surface area contributed by atoms with Crippen molar-refractivity contribution in [3.63, 3.8) is 0 Å². The molecule has 2 aromatic rings. The highest BCUT2D eigenvalue weighted by Gasteiger charge is 2.36. The van der Waals surface area contributed by atoms with E-state index in [9.17, 15) is 8.42 Å². The van der Waals surface area contributed by atoms with Gasteiger partial charge in [0, 0.05) is 24.5 Å². The van der Waals surface area contributed by atoms with Crippen molar-refractivity contribution < 1.29 is 8.42 Å². The molecule has 1 aromatic heterocycles. The van der Waals surface area contributed by atoms with E-state index in [2.05, 4.69) is 4.57 Å². The highest BCUT2D eigenvalue weighted by Crippen LogP contribution is 2.37. The third-order valence-corrected chi connectivity index (χ3v) is 7.05. The molecule has 0 saturated carbocycles. The molecular weight excluding hydrogens is 343 g/mol. The molecule has 3 rings (SSSR count). The van der Waals surface area contributed by atoms with Gasteiger partial charge in [-0.3, -0.25) is 0 Å². The molecule has 0 N–H and O–H groups in total. The van der Waals surface area contributed by atoms with Crippen LogP contribution >= 0.6 is 23.2 Å². The van der Waals surface area contributed by atoms with Crippen LogP contribution in [-0.4, -0.2) is 23.8 Å². The van der Waals surface area contributed by atoms with Gasteiger partial charge in [-0.1, -0.05) is 29.3 Å². The monoisotopic (exact) mass is 358 g/mol. The van der Waals surface area contributed by atoms with Gasteiger partial charge in [0.2, 0.25) is 10.0 Å². The van der Waals surface area contributed by atoms with Gasteiger partial charge in [0.05, 0.1) is 16.1 Å². The quantitative estimate of drug-likeness (QED) is 0.817. The van der Waals surface area contributed by atoms with Crippen LogP contribution in [0.3, 0.4) is 0 Å². The third-order valence-electron chi connectivity index (χ3n) is 4.12. The van der Waals surface area contributed by atoms with Crippen LogP contribution in [0, 0.1) is 6.92 Å². The van der Waals surface area contributed by atoms with E-state index in [1.165, 1.54) is 4.31 Å². The predicted molar refractivity (Wildman–Crippen MR) is 87.9 cm³/mol. The van der Waals surface area contributed by atoms with Gasteiger partial charge in [-0.2, -0.15) is 4.31 Å². The molecule has 1 atom stereocenters. The molecule has 0 aliphatic carbocycles. The Morgan fingerprint density at radius 3 is 2.36 bits per heavy atom. The van der Waals surface area contributed by atoms with Crippen molar-refractivity contribution in [3.05, 3.63) is 51.8 Å². The summed E-state index contributed by atoms with van der Waals surface area (Å²) in [5, 5.41) is 0.300. The van der Waals surface area contributed by atoms with E-state index in [4.69, 9.17) is 23.2 Å². The van der Waals surface area contributed by atoms with Crippen molar-refractivity contribution >= 4 is 33.2 Å². The third kappa shape index (κ3) is 2.36. The maximum Gasteiger partial charge on any atom is 0.246 e. The molecule has 2 heterocycles. The fraction of sp³-hybridized carbons (Fsp3) is 0.333. The van der Waals surface area contributed by atoms with Crippen LogP contribution < -0.4 is 0 Å². The number of hydrogen-bond acceptors (Lipinski definition) is 2. The van der Waals surface area contributed by atoms with Gasteiger partial charge in [-0.05, 0) is 38.1 Å². The van der Waals surface area contributed by atoms with Crippen LogP contribution in [0.25, 0.3) is 0 Å². The van der Waals surface area contributed by atoms with E-state index in [1.807, 2.05) is 26.0 Å². The van der Waals surface area contributed by atoms with E-state index in [0.717, 1.165) is 11.4 Å². The smallest absolute Gasteiger partial charge is 0.246 e. The van der Waals surface area contributed by atoms with Gasteiger partial charge in [-0.15, -0.1) is 0 Å². The Morgan fingerprint density at radius 2 is 1.73 bits per heavy atom. The van der Waals surface area contributed by atoms with Gasteiger partial charge in [0.25, 0.3) is 0 Å². The van der Waals surface area contributed by atoms with Crippen molar-refractivity contribution in [2.24, 2.45) is 0 Å². The molecule has 0 amide bonds. The zero-order valence-corrected chi connectivity index (χ0v) is 14.6. The molecule has 7 heteroatoms. The van der Waals surface area contributed by atoms with Crippen LogP contribution in [0.1, 0.15) is 24.4 Å². The fourth-order valence-electron chi connectivity index (χ4n) is 2.97. The summed E-state index contributed by atoms with van der Waals surface area (Å²) < 4.78 is 29.6. The number of aromatic nitrogens is 1. The lowest BCUT2D eigenvalue weighted by molar-refractivity contribution is 0.280. The molecule has 4 nitrogen and oxygen atoms in total. The summed E-state index contributed by atoms with van der Waals surface area (Å²) in [5.74, 6) is 0. The van der Waals surface area contributed by atoms with Crippen molar-refractivity contribution in [1.29, 1.82) is 0 Å². The maximum absolute atomic E-state index is 13.0. The number of aryl methyl sites for hydroxylation is 1. The van der Waals surface area contributed by atoms with Gasteiger partial charge >= 0.3 is 0 Å². The highest BCUT2D eigenvalue weighted by atomic mass is 35.5. The van der Waals surface area contributed by atoms with Crippen molar-refractivity contribution in [3.8, 4) is 0 Å². The minimum atomic E-state index is -3.75. The summed E-state index contributed by atoms with van der Waals surface area (Å²) in [6.45, 7) is 4.92. The second kappa shape index (κ2) is 5.57. The van der Waals surface area contributed by atoms with Gasteiger partial charge in [0.15, 0.2) is 0 Å². The molecule has 1 aliphatic rings. The zero-order valence-electron chi connectivity index (χ0n) is 12.3. The molecule has 0 radical (unpaired) electrons. The minimum Gasteiger partial charge on any atom is -0.346 e. The predicted octanol–water partition coefficient (Wildman–Crippen LogP) is 3.87. The van der Waals surface area contributed by atoms with E-state index >= 15 is 0 Å². The Labute approximate surface area is 140 Å². The summed E-state index contributed by atoms with van der Waals surface area (Å²) in [6, 6.07) is 8.43. The van der Waals surface area contributed by atoms with Crippen LogP contribution in [-0.2, 0) is 16.6 Å². The SMILES string of the molecule is Cc1ccc2n1CCN(S(=O)(=O)c1c(Cl)cccc1Cl)[C@H]2C. The van der Waals surface area contributed by atoms with E-state index in [-0.39, 0.29) is 21.0 Å². The first kappa shape index (κ1) is 15.9. The van der Waals surface area contributed by atoms with Crippen molar-refractivity contribution in [1.82, 2.24) is 8.87 Å². The lowest BCUT2D eigenvalue weighted by Crippen LogP contribution is -2.41. The Balaban J connectivity index is 2.08.